The van der Waals surface area contributed by atoms with Crippen molar-refractivity contribution in [2.75, 3.05) is 26.2 Å². The second kappa shape index (κ2) is 6.00. The van der Waals surface area contributed by atoms with Gasteiger partial charge in [-0.1, -0.05) is 6.07 Å². The number of sulfonamides is 1. The molecule has 0 saturated carbocycles. The molecule has 0 bridgehead atoms. The minimum absolute atomic E-state index is 0.0711. The Hall–Kier alpha value is -1.02. The van der Waals surface area contributed by atoms with E-state index >= 15 is 0 Å². The van der Waals surface area contributed by atoms with Crippen molar-refractivity contribution < 1.29 is 13.5 Å². The first-order valence-corrected chi connectivity index (χ1v) is 8.85. The van der Waals surface area contributed by atoms with Gasteiger partial charge in [0.2, 0.25) is 0 Å². The molecule has 21 heavy (non-hydrogen) atoms. The predicted molar refractivity (Wildman–Crippen MR) is 78.1 cm³/mol. The number of hydrogen-bond acceptors (Lipinski definition) is 5. The molecule has 1 aromatic rings. The van der Waals surface area contributed by atoms with Crippen LogP contribution in [0.4, 0.5) is 0 Å². The molecule has 7 heteroatoms. The molecule has 0 spiro atoms. The number of rotatable bonds is 4. The van der Waals surface area contributed by atoms with Crippen LogP contribution in [0, 0.1) is 0 Å². The lowest BCUT2D eigenvalue weighted by Gasteiger charge is -2.23. The van der Waals surface area contributed by atoms with Crippen LogP contribution < -0.4 is 0 Å². The van der Waals surface area contributed by atoms with Crippen LogP contribution in [0.5, 0.6) is 0 Å². The summed E-state index contributed by atoms with van der Waals surface area (Å²) in [4.78, 5) is 6.39. The van der Waals surface area contributed by atoms with Gasteiger partial charge in [0.1, 0.15) is 0 Å². The maximum Gasteiger partial charge on any atom is 0.260 e. The molecule has 0 aliphatic carbocycles. The number of likely N-dealkylation sites (tertiary alicyclic amines) is 1. The molecule has 1 unspecified atom stereocenters. The molecule has 2 aliphatic heterocycles. The smallest absolute Gasteiger partial charge is 0.260 e. The van der Waals surface area contributed by atoms with E-state index in [1.165, 1.54) is 29.4 Å². The second-order valence-corrected chi connectivity index (χ2v) is 7.60. The van der Waals surface area contributed by atoms with E-state index in [4.69, 9.17) is 5.11 Å². The molecule has 1 N–H and O–H groups in total. The van der Waals surface area contributed by atoms with E-state index in [2.05, 4.69) is 9.88 Å². The Kier molecular flexibility index (Phi) is 4.26. The molecule has 2 aliphatic rings. The van der Waals surface area contributed by atoms with Gasteiger partial charge in [-0.05, 0) is 44.0 Å². The molecule has 1 aromatic heterocycles. The molecule has 0 amide bonds. The number of aliphatic hydroxyl groups is 1. The first-order chi connectivity index (χ1) is 10.1. The monoisotopic (exact) mass is 311 g/mol. The summed E-state index contributed by atoms with van der Waals surface area (Å²) >= 11 is 0. The molecule has 116 valence electrons. The minimum atomic E-state index is -3.51. The summed E-state index contributed by atoms with van der Waals surface area (Å²) in [6, 6.07) is 3.43. The lowest BCUT2D eigenvalue weighted by Crippen LogP contribution is -2.37. The van der Waals surface area contributed by atoms with E-state index < -0.39 is 10.0 Å². The zero-order chi connectivity index (χ0) is 14.9. The van der Waals surface area contributed by atoms with E-state index in [1.54, 1.807) is 6.07 Å². The lowest BCUT2D eigenvalue weighted by molar-refractivity contribution is 0.251. The van der Waals surface area contributed by atoms with Gasteiger partial charge in [-0.15, -0.1) is 0 Å². The highest BCUT2D eigenvalue weighted by atomic mass is 32.2. The summed E-state index contributed by atoms with van der Waals surface area (Å²) in [5.74, 6) is 0. The molecular formula is C14H21N3O3S. The average molecular weight is 311 g/mol. The van der Waals surface area contributed by atoms with E-state index in [0.29, 0.717) is 24.7 Å². The molecule has 3 heterocycles. The highest BCUT2D eigenvalue weighted by Crippen LogP contribution is 2.25. The Balaban J connectivity index is 1.72. The molecule has 0 aromatic carbocycles. The summed E-state index contributed by atoms with van der Waals surface area (Å²) in [6.07, 6.45) is 4.75. The molecule has 3 rings (SSSR count). The Morgan fingerprint density at radius 2 is 2.00 bits per heavy atom. The number of hydrogen-bond donors (Lipinski definition) is 1. The topological polar surface area (TPSA) is 73.7 Å². The van der Waals surface area contributed by atoms with Crippen molar-refractivity contribution in [1.82, 2.24) is 14.2 Å². The maximum absolute atomic E-state index is 12.6. The van der Waals surface area contributed by atoms with Crippen LogP contribution in [-0.4, -0.2) is 59.9 Å². The zero-order valence-electron chi connectivity index (χ0n) is 12.0. The zero-order valence-corrected chi connectivity index (χ0v) is 12.8. The minimum Gasteiger partial charge on any atom is -0.392 e. The van der Waals surface area contributed by atoms with Gasteiger partial charge in [-0.25, -0.2) is 13.4 Å². The van der Waals surface area contributed by atoms with Gasteiger partial charge in [-0.3, -0.25) is 4.90 Å². The fourth-order valence-electron chi connectivity index (χ4n) is 3.12. The standard InChI is InChI=1S/C14H21N3O3S/c18-11-12-3-4-14(15-9-12)21(19,20)17-8-5-13(10-17)16-6-1-2-7-16/h3-4,9,13,18H,1-2,5-8,10-11H2. The highest BCUT2D eigenvalue weighted by Gasteiger charge is 2.36. The molecule has 0 radical (unpaired) electrons. The van der Waals surface area contributed by atoms with Crippen LogP contribution in [0.15, 0.2) is 23.4 Å². The predicted octanol–water partition coefficient (Wildman–Crippen LogP) is 0.433. The van der Waals surface area contributed by atoms with Crippen molar-refractivity contribution in [2.45, 2.75) is 36.9 Å². The molecule has 2 saturated heterocycles. The first kappa shape index (κ1) is 14.9. The molecule has 2 fully saturated rings. The third-order valence-corrected chi connectivity index (χ3v) is 6.15. The van der Waals surface area contributed by atoms with Crippen molar-refractivity contribution in [2.24, 2.45) is 0 Å². The number of nitrogens with zero attached hydrogens (tertiary/aromatic N) is 3. The van der Waals surface area contributed by atoms with Crippen molar-refractivity contribution in [3.63, 3.8) is 0 Å². The van der Waals surface area contributed by atoms with Crippen LogP contribution in [0.2, 0.25) is 0 Å². The van der Waals surface area contributed by atoms with Gasteiger partial charge in [-0.2, -0.15) is 4.31 Å². The third-order valence-electron chi connectivity index (χ3n) is 4.37. The van der Waals surface area contributed by atoms with E-state index in [0.717, 1.165) is 19.5 Å². The summed E-state index contributed by atoms with van der Waals surface area (Å²) in [6.45, 7) is 3.16. The Bertz CT molecular complexity index is 582. The van der Waals surface area contributed by atoms with Gasteiger partial charge in [0.15, 0.2) is 5.03 Å². The second-order valence-electron chi connectivity index (χ2n) is 5.71. The first-order valence-electron chi connectivity index (χ1n) is 7.41. The highest BCUT2D eigenvalue weighted by molar-refractivity contribution is 7.89. The van der Waals surface area contributed by atoms with Crippen LogP contribution in [0.3, 0.4) is 0 Å². The van der Waals surface area contributed by atoms with Gasteiger partial charge in [0.05, 0.1) is 6.61 Å². The Morgan fingerprint density at radius 1 is 1.24 bits per heavy atom. The average Bonchev–Trinajstić information content (AvgIpc) is 3.18. The van der Waals surface area contributed by atoms with Gasteiger partial charge in [0, 0.05) is 25.3 Å². The van der Waals surface area contributed by atoms with Crippen molar-refractivity contribution in [1.29, 1.82) is 0 Å². The normalized spacial score (nSPS) is 24.7. The third kappa shape index (κ3) is 2.96. The fourth-order valence-corrected chi connectivity index (χ4v) is 4.53. The van der Waals surface area contributed by atoms with Crippen LogP contribution in [0.25, 0.3) is 0 Å². The van der Waals surface area contributed by atoms with Gasteiger partial charge < -0.3 is 5.11 Å². The van der Waals surface area contributed by atoms with E-state index in [1.807, 2.05) is 0 Å². The summed E-state index contributed by atoms with van der Waals surface area (Å²) < 4.78 is 26.7. The number of aromatic nitrogens is 1. The largest absolute Gasteiger partial charge is 0.392 e. The quantitative estimate of drug-likeness (QED) is 0.873. The van der Waals surface area contributed by atoms with Crippen molar-refractivity contribution in [3.8, 4) is 0 Å². The van der Waals surface area contributed by atoms with Crippen LogP contribution >= 0.6 is 0 Å². The van der Waals surface area contributed by atoms with E-state index in [9.17, 15) is 8.42 Å². The van der Waals surface area contributed by atoms with Gasteiger partial charge >= 0.3 is 0 Å². The summed E-state index contributed by atoms with van der Waals surface area (Å²) in [7, 11) is -3.51. The number of pyridine rings is 1. The fraction of sp³-hybridized carbons (Fsp3) is 0.643. The van der Waals surface area contributed by atoms with Gasteiger partial charge in [0.25, 0.3) is 10.0 Å². The van der Waals surface area contributed by atoms with E-state index in [-0.39, 0.29) is 11.6 Å². The molecule has 1 atom stereocenters. The summed E-state index contributed by atoms with van der Waals surface area (Å²) in [5, 5.41) is 9.06. The number of aliphatic hydroxyl groups excluding tert-OH is 1. The molecular weight excluding hydrogens is 290 g/mol. The van der Waals surface area contributed by atoms with Crippen molar-refractivity contribution in [3.05, 3.63) is 23.9 Å². The lowest BCUT2D eigenvalue weighted by atomic mass is 10.2. The van der Waals surface area contributed by atoms with Crippen molar-refractivity contribution >= 4 is 10.0 Å². The molecule has 6 nitrogen and oxygen atoms in total. The Morgan fingerprint density at radius 3 is 2.62 bits per heavy atom. The van der Waals surface area contributed by atoms with Crippen LogP contribution in [0.1, 0.15) is 24.8 Å². The van der Waals surface area contributed by atoms with Crippen LogP contribution in [-0.2, 0) is 16.6 Å². The maximum atomic E-state index is 12.6. The SMILES string of the molecule is O=S(=O)(c1ccc(CO)cn1)N1CCC(N2CCCC2)C1. The Labute approximate surface area is 125 Å². The summed E-state index contributed by atoms with van der Waals surface area (Å²) in [5.41, 5.74) is 0.616.